The number of rotatable bonds is 8. The molecule has 0 amide bonds. The van der Waals surface area contributed by atoms with Crippen LogP contribution in [0.1, 0.15) is 11.7 Å². The average molecular weight is 286 g/mol. The molecule has 0 heterocycles. The Labute approximate surface area is 116 Å². The molecule has 0 saturated carbocycles. The zero-order valence-electron chi connectivity index (χ0n) is 11.6. The Morgan fingerprint density at radius 3 is 2.25 bits per heavy atom. The topological polar surface area (TPSA) is 94.5 Å². The lowest BCUT2D eigenvalue weighted by atomic mass is 10.1. The van der Waals surface area contributed by atoms with Crippen LogP contribution in [-0.2, 0) is 9.53 Å². The second-order valence-corrected chi connectivity index (χ2v) is 3.74. The number of aliphatic hydroxyl groups is 1. The van der Waals surface area contributed by atoms with Gasteiger partial charge in [0, 0.05) is 5.56 Å². The number of carboxylic acid groups (broad SMARTS) is 1. The molecule has 0 aromatic heterocycles. The molecule has 0 saturated heterocycles. The molecule has 20 heavy (non-hydrogen) atoms. The van der Waals surface area contributed by atoms with Crippen LogP contribution >= 0.6 is 0 Å². The second kappa shape index (κ2) is 7.56. The standard InChI is InChI=1S/C13H18O7/c1-17-9-5-4-8(10(18-2)12(9)19-3)11(13(15)16)20-7-6-14/h4-5,11,14H,6-7H2,1-3H3,(H,15,16). The van der Waals surface area contributed by atoms with Crippen LogP contribution in [0.3, 0.4) is 0 Å². The van der Waals surface area contributed by atoms with Gasteiger partial charge in [0.25, 0.3) is 0 Å². The summed E-state index contributed by atoms with van der Waals surface area (Å²) in [5.41, 5.74) is 0.283. The van der Waals surface area contributed by atoms with Gasteiger partial charge in [-0.1, -0.05) is 0 Å². The molecule has 0 aliphatic carbocycles. The van der Waals surface area contributed by atoms with Crippen LogP contribution in [0.2, 0.25) is 0 Å². The zero-order chi connectivity index (χ0) is 15.1. The average Bonchev–Trinajstić information content (AvgIpc) is 2.46. The molecule has 1 atom stereocenters. The molecule has 2 N–H and O–H groups in total. The van der Waals surface area contributed by atoms with Gasteiger partial charge in [-0.15, -0.1) is 0 Å². The van der Waals surface area contributed by atoms with Gasteiger partial charge in [0.15, 0.2) is 17.6 Å². The molecule has 7 heteroatoms. The van der Waals surface area contributed by atoms with E-state index in [2.05, 4.69) is 0 Å². The Kier molecular flexibility index (Phi) is 6.08. The summed E-state index contributed by atoms with van der Waals surface area (Å²) >= 11 is 0. The number of hydrogen-bond acceptors (Lipinski definition) is 6. The maximum absolute atomic E-state index is 11.3. The van der Waals surface area contributed by atoms with Crippen molar-refractivity contribution in [3.8, 4) is 17.2 Å². The van der Waals surface area contributed by atoms with Crippen molar-refractivity contribution in [2.24, 2.45) is 0 Å². The molecule has 1 aromatic carbocycles. The lowest BCUT2D eigenvalue weighted by Crippen LogP contribution is -2.18. The molecule has 1 unspecified atom stereocenters. The molecule has 0 bridgehead atoms. The van der Waals surface area contributed by atoms with Crippen molar-refractivity contribution in [2.75, 3.05) is 34.5 Å². The molecule has 0 radical (unpaired) electrons. The summed E-state index contributed by atoms with van der Waals surface area (Å²) in [6.07, 6.45) is -1.27. The normalized spacial score (nSPS) is 11.8. The Balaban J connectivity index is 3.30. The van der Waals surface area contributed by atoms with E-state index >= 15 is 0 Å². The highest BCUT2D eigenvalue weighted by atomic mass is 16.5. The molecule has 0 aliphatic rings. The number of methoxy groups -OCH3 is 3. The van der Waals surface area contributed by atoms with E-state index in [0.29, 0.717) is 5.75 Å². The Morgan fingerprint density at radius 2 is 1.80 bits per heavy atom. The highest BCUT2D eigenvalue weighted by molar-refractivity contribution is 5.77. The van der Waals surface area contributed by atoms with Gasteiger partial charge in [0.1, 0.15) is 0 Å². The molecular formula is C13H18O7. The van der Waals surface area contributed by atoms with E-state index in [1.807, 2.05) is 0 Å². The first kappa shape index (κ1) is 16.1. The molecular weight excluding hydrogens is 268 g/mol. The van der Waals surface area contributed by atoms with Crippen molar-refractivity contribution in [2.45, 2.75) is 6.10 Å². The summed E-state index contributed by atoms with van der Waals surface area (Å²) in [5, 5.41) is 18.0. The highest BCUT2D eigenvalue weighted by Gasteiger charge is 2.27. The number of hydrogen-bond donors (Lipinski definition) is 2. The lowest BCUT2D eigenvalue weighted by molar-refractivity contribution is -0.151. The lowest BCUT2D eigenvalue weighted by Gasteiger charge is -2.19. The minimum Gasteiger partial charge on any atom is -0.493 e. The van der Waals surface area contributed by atoms with Crippen LogP contribution in [0.25, 0.3) is 0 Å². The van der Waals surface area contributed by atoms with Crippen LogP contribution in [0, 0.1) is 0 Å². The van der Waals surface area contributed by atoms with Gasteiger partial charge in [0.2, 0.25) is 5.75 Å². The van der Waals surface area contributed by atoms with Crippen LogP contribution in [0.4, 0.5) is 0 Å². The molecule has 112 valence electrons. The molecule has 0 fully saturated rings. The van der Waals surface area contributed by atoms with Crippen LogP contribution < -0.4 is 14.2 Å². The number of aliphatic carboxylic acids is 1. The third-order valence-corrected chi connectivity index (χ3v) is 2.62. The summed E-state index contributed by atoms with van der Waals surface area (Å²) in [6, 6.07) is 3.09. The van der Waals surface area contributed by atoms with Gasteiger partial charge in [-0.3, -0.25) is 0 Å². The molecule has 0 spiro atoms. The van der Waals surface area contributed by atoms with Crippen LogP contribution in [-0.4, -0.2) is 50.7 Å². The van der Waals surface area contributed by atoms with E-state index in [1.54, 1.807) is 6.07 Å². The van der Waals surface area contributed by atoms with E-state index < -0.39 is 12.1 Å². The Hall–Kier alpha value is -1.99. The molecule has 1 rings (SSSR count). The summed E-state index contributed by atoms with van der Waals surface area (Å²) in [4.78, 5) is 11.3. The summed E-state index contributed by atoms with van der Waals surface area (Å²) < 4.78 is 20.6. The second-order valence-electron chi connectivity index (χ2n) is 3.74. The van der Waals surface area contributed by atoms with Gasteiger partial charge in [-0.05, 0) is 12.1 Å². The van der Waals surface area contributed by atoms with Crippen LogP contribution in [0.15, 0.2) is 12.1 Å². The van der Waals surface area contributed by atoms with E-state index in [1.165, 1.54) is 27.4 Å². The van der Waals surface area contributed by atoms with Crippen molar-refractivity contribution >= 4 is 5.97 Å². The highest BCUT2D eigenvalue weighted by Crippen LogP contribution is 2.42. The van der Waals surface area contributed by atoms with Gasteiger partial charge in [0.05, 0.1) is 34.5 Å². The van der Waals surface area contributed by atoms with Crippen molar-refractivity contribution in [3.63, 3.8) is 0 Å². The van der Waals surface area contributed by atoms with Crippen molar-refractivity contribution in [3.05, 3.63) is 17.7 Å². The molecule has 1 aromatic rings. The van der Waals surface area contributed by atoms with Crippen LogP contribution in [0.5, 0.6) is 17.2 Å². The fourth-order valence-corrected chi connectivity index (χ4v) is 1.80. The SMILES string of the molecule is COc1ccc(C(OCCO)C(=O)O)c(OC)c1OC. The number of carboxylic acids is 1. The van der Waals surface area contributed by atoms with E-state index in [0.717, 1.165) is 0 Å². The maximum Gasteiger partial charge on any atom is 0.337 e. The number of ether oxygens (including phenoxy) is 4. The largest absolute Gasteiger partial charge is 0.493 e. The predicted molar refractivity (Wildman–Crippen MR) is 69.5 cm³/mol. The smallest absolute Gasteiger partial charge is 0.337 e. The number of benzene rings is 1. The van der Waals surface area contributed by atoms with E-state index in [-0.39, 0.29) is 30.3 Å². The molecule has 7 nitrogen and oxygen atoms in total. The Bertz CT molecular complexity index is 458. The van der Waals surface area contributed by atoms with Crippen molar-refractivity contribution in [1.82, 2.24) is 0 Å². The summed E-state index contributed by atoms with van der Waals surface area (Å²) in [5.74, 6) is -0.271. The fourth-order valence-electron chi connectivity index (χ4n) is 1.80. The maximum atomic E-state index is 11.3. The quantitative estimate of drug-likeness (QED) is 0.731. The molecule has 0 aliphatic heterocycles. The third-order valence-electron chi connectivity index (χ3n) is 2.62. The van der Waals surface area contributed by atoms with Crippen molar-refractivity contribution in [1.29, 1.82) is 0 Å². The van der Waals surface area contributed by atoms with Gasteiger partial charge in [-0.2, -0.15) is 0 Å². The summed E-state index contributed by atoms with van der Waals surface area (Å²) in [7, 11) is 4.29. The number of aliphatic hydroxyl groups excluding tert-OH is 1. The Morgan fingerprint density at radius 1 is 1.15 bits per heavy atom. The van der Waals surface area contributed by atoms with Gasteiger partial charge >= 0.3 is 5.97 Å². The van der Waals surface area contributed by atoms with Crippen molar-refractivity contribution < 1.29 is 34.0 Å². The van der Waals surface area contributed by atoms with Gasteiger partial charge in [-0.25, -0.2) is 4.79 Å². The van der Waals surface area contributed by atoms with E-state index in [9.17, 15) is 9.90 Å². The minimum atomic E-state index is -1.27. The number of carbonyl (C=O) groups is 1. The zero-order valence-corrected chi connectivity index (χ0v) is 11.6. The first-order chi connectivity index (χ1) is 9.60. The first-order valence-corrected chi connectivity index (χ1v) is 5.84. The monoisotopic (exact) mass is 286 g/mol. The minimum absolute atomic E-state index is 0.103. The summed E-state index contributed by atoms with van der Waals surface area (Å²) in [6.45, 7) is -0.381. The van der Waals surface area contributed by atoms with Gasteiger partial charge < -0.3 is 29.2 Å². The predicted octanol–water partition coefficient (Wildman–Crippen LogP) is 0.847. The fraction of sp³-hybridized carbons (Fsp3) is 0.462. The third kappa shape index (κ3) is 3.31. The van der Waals surface area contributed by atoms with E-state index in [4.69, 9.17) is 24.1 Å². The first-order valence-electron chi connectivity index (χ1n) is 5.84.